The molecule has 4 rings (SSSR count). The second-order valence-electron chi connectivity index (χ2n) is 7.59. The van der Waals surface area contributed by atoms with Crippen LogP contribution in [0, 0.1) is 0 Å². The summed E-state index contributed by atoms with van der Waals surface area (Å²) in [5, 5.41) is 7.74. The van der Waals surface area contributed by atoms with Crippen LogP contribution in [0.5, 0.6) is 17.2 Å². The van der Waals surface area contributed by atoms with Crippen molar-refractivity contribution in [2.24, 2.45) is 0 Å². The molecule has 0 saturated heterocycles. The van der Waals surface area contributed by atoms with E-state index in [4.69, 9.17) is 19.3 Å². The van der Waals surface area contributed by atoms with Crippen molar-refractivity contribution in [2.45, 2.75) is 6.42 Å². The van der Waals surface area contributed by atoms with Crippen LogP contribution < -0.4 is 19.5 Å². The molecule has 1 heterocycles. The molecule has 7 heteroatoms. The van der Waals surface area contributed by atoms with E-state index < -0.39 is 0 Å². The maximum absolute atomic E-state index is 13.2. The molecule has 4 aromatic rings. The number of nitrogens with one attached hydrogen (secondary N) is 1. The van der Waals surface area contributed by atoms with Gasteiger partial charge in [-0.05, 0) is 54.4 Å². The van der Waals surface area contributed by atoms with E-state index in [-0.39, 0.29) is 5.91 Å². The fraction of sp³-hybridized carbons (Fsp3) is 0.185. The van der Waals surface area contributed by atoms with Gasteiger partial charge in [0.25, 0.3) is 5.91 Å². The molecule has 34 heavy (non-hydrogen) atoms. The zero-order chi connectivity index (χ0) is 23.9. The average molecular weight is 458 g/mol. The summed E-state index contributed by atoms with van der Waals surface area (Å²) in [6.07, 6.45) is 0.647. The molecule has 0 saturated carbocycles. The molecule has 1 aromatic heterocycles. The number of carbonyl (C=O) groups is 1. The van der Waals surface area contributed by atoms with E-state index >= 15 is 0 Å². The maximum atomic E-state index is 13.2. The fourth-order valence-electron chi connectivity index (χ4n) is 3.68. The Bertz CT molecular complexity index is 1270. The Hall–Kier alpha value is -4.26. The number of para-hydroxylation sites is 1. The minimum absolute atomic E-state index is 0.203. The molecule has 7 nitrogen and oxygen atoms in total. The lowest BCUT2D eigenvalue weighted by atomic mass is 10.1. The topological polar surface area (TPSA) is 74.6 Å². The highest BCUT2D eigenvalue weighted by molar-refractivity contribution is 5.94. The molecule has 1 N–H and O–H groups in total. The average Bonchev–Trinajstić information content (AvgIpc) is 3.35. The second-order valence-corrected chi connectivity index (χ2v) is 7.59. The van der Waals surface area contributed by atoms with Gasteiger partial charge in [0.15, 0.2) is 11.5 Å². The minimum atomic E-state index is -0.203. The van der Waals surface area contributed by atoms with Crippen molar-refractivity contribution in [3.63, 3.8) is 0 Å². The van der Waals surface area contributed by atoms with E-state index in [2.05, 4.69) is 5.32 Å². The van der Waals surface area contributed by atoms with Crippen LogP contribution in [0.3, 0.4) is 0 Å². The first-order chi connectivity index (χ1) is 16.6. The molecule has 0 aliphatic carbocycles. The Morgan fingerprint density at radius 1 is 0.853 bits per heavy atom. The van der Waals surface area contributed by atoms with Crippen LogP contribution in [0.4, 0.5) is 0 Å². The van der Waals surface area contributed by atoms with Gasteiger partial charge in [-0.1, -0.05) is 36.4 Å². The molecule has 0 bridgehead atoms. The predicted molar refractivity (Wildman–Crippen MR) is 131 cm³/mol. The summed E-state index contributed by atoms with van der Waals surface area (Å²) in [5.74, 6) is 1.86. The van der Waals surface area contributed by atoms with E-state index in [1.807, 2.05) is 72.8 Å². The van der Waals surface area contributed by atoms with Crippen LogP contribution in [0.2, 0.25) is 0 Å². The summed E-state index contributed by atoms with van der Waals surface area (Å²) in [6.45, 7) is 0.461. The van der Waals surface area contributed by atoms with E-state index in [9.17, 15) is 4.79 Å². The van der Waals surface area contributed by atoms with Crippen molar-refractivity contribution in [2.75, 3.05) is 27.9 Å². The van der Waals surface area contributed by atoms with Crippen LogP contribution in [-0.2, 0) is 6.42 Å². The Morgan fingerprint density at radius 3 is 2.38 bits per heavy atom. The molecule has 0 unspecified atom stereocenters. The predicted octanol–water partition coefficient (Wildman–Crippen LogP) is 4.54. The highest BCUT2D eigenvalue weighted by Crippen LogP contribution is 2.28. The van der Waals surface area contributed by atoms with Crippen molar-refractivity contribution >= 4 is 5.91 Å². The fourth-order valence-corrected chi connectivity index (χ4v) is 3.68. The summed E-state index contributed by atoms with van der Waals surface area (Å²) >= 11 is 0. The monoisotopic (exact) mass is 457 g/mol. The second kappa shape index (κ2) is 10.6. The molecule has 0 radical (unpaired) electrons. The molecule has 174 valence electrons. The number of rotatable bonds is 9. The SMILES string of the molecule is COc1cccc(-c2cc(C(=O)NCCc3ccc(OC)c(OC)c3)n(-c3ccccc3)n2)c1. The van der Waals surface area contributed by atoms with Crippen LogP contribution >= 0.6 is 0 Å². The molecular weight excluding hydrogens is 430 g/mol. The number of carbonyl (C=O) groups excluding carboxylic acids is 1. The van der Waals surface area contributed by atoms with Crippen LogP contribution in [0.1, 0.15) is 16.1 Å². The van der Waals surface area contributed by atoms with Crippen molar-refractivity contribution in [3.8, 4) is 34.2 Å². The van der Waals surface area contributed by atoms with Crippen molar-refractivity contribution in [3.05, 3.63) is 90.1 Å². The van der Waals surface area contributed by atoms with Gasteiger partial charge in [0, 0.05) is 12.1 Å². The maximum Gasteiger partial charge on any atom is 0.270 e. The number of hydrogen-bond acceptors (Lipinski definition) is 5. The molecular formula is C27H27N3O4. The standard InChI is InChI=1S/C27H27N3O4/c1-32-22-11-7-8-20(17-22)23-18-24(30(29-23)21-9-5-4-6-10-21)27(31)28-15-14-19-12-13-25(33-2)26(16-19)34-3/h4-13,16-18H,14-15H2,1-3H3,(H,28,31). The van der Waals surface area contributed by atoms with Gasteiger partial charge in [-0.3, -0.25) is 4.79 Å². The molecule has 1 amide bonds. The number of benzene rings is 3. The quantitative estimate of drug-likeness (QED) is 0.400. The molecule has 0 aliphatic heterocycles. The Kier molecular flexibility index (Phi) is 7.13. The number of hydrogen-bond donors (Lipinski definition) is 1. The van der Waals surface area contributed by atoms with Crippen molar-refractivity contribution in [1.82, 2.24) is 15.1 Å². The van der Waals surface area contributed by atoms with Gasteiger partial charge >= 0.3 is 0 Å². The Balaban J connectivity index is 1.56. The summed E-state index contributed by atoms with van der Waals surface area (Å²) in [4.78, 5) is 13.2. The highest BCUT2D eigenvalue weighted by Gasteiger charge is 2.18. The molecule has 0 aliphatic rings. The van der Waals surface area contributed by atoms with Gasteiger partial charge in [0.1, 0.15) is 11.4 Å². The Morgan fingerprint density at radius 2 is 1.65 bits per heavy atom. The third-order valence-corrected chi connectivity index (χ3v) is 5.46. The zero-order valence-corrected chi connectivity index (χ0v) is 19.4. The first-order valence-corrected chi connectivity index (χ1v) is 10.9. The lowest BCUT2D eigenvalue weighted by Gasteiger charge is -2.11. The highest BCUT2D eigenvalue weighted by atomic mass is 16.5. The lowest BCUT2D eigenvalue weighted by molar-refractivity contribution is 0.0946. The number of aromatic nitrogens is 2. The zero-order valence-electron chi connectivity index (χ0n) is 19.4. The van der Waals surface area contributed by atoms with Crippen molar-refractivity contribution < 1.29 is 19.0 Å². The number of methoxy groups -OCH3 is 3. The van der Waals surface area contributed by atoms with Gasteiger partial charge in [-0.25, -0.2) is 4.68 Å². The van der Waals surface area contributed by atoms with Gasteiger partial charge in [0.05, 0.1) is 32.7 Å². The Labute approximate surface area is 198 Å². The molecule has 3 aromatic carbocycles. The third kappa shape index (κ3) is 5.04. The van der Waals surface area contributed by atoms with Gasteiger partial charge in [-0.2, -0.15) is 5.10 Å². The summed E-state index contributed by atoms with van der Waals surface area (Å²) in [7, 11) is 4.83. The largest absolute Gasteiger partial charge is 0.497 e. The smallest absolute Gasteiger partial charge is 0.270 e. The van der Waals surface area contributed by atoms with E-state index in [1.54, 1.807) is 32.1 Å². The van der Waals surface area contributed by atoms with Crippen molar-refractivity contribution in [1.29, 1.82) is 0 Å². The summed E-state index contributed by atoms with van der Waals surface area (Å²) in [5.41, 5.74) is 3.85. The van der Waals surface area contributed by atoms with E-state index in [0.29, 0.717) is 35.9 Å². The van der Waals surface area contributed by atoms with E-state index in [1.165, 1.54) is 0 Å². The number of ether oxygens (including phenoxy) is 3. The first-order valence-electron chi connectivity index (χ1n) is 10.9. The number of amides is 1. The van der Waals surface area contributed by atoms with Gasteiger partial charge in [0.2, 0.25) is 0 Å². The molecule has 0 fully saturated rings. The van der Waals surface area contributed by atoms with Crippen LogP contribution in [0.25, 0.3) is 16.9 Å². The third-order valence-electron chi connectivity index (χ3n) is 5.46. The summed E-state index contributed by atoms with van der Waals surface area (Å²) < 4.78 is 17.7. The number of nitrogens with zero attached hydrogens (tertiary/aromatic N) is 2. The summed E-state index contributed by atoms with van der Waals surface area (Å²) in [6, 6.07) is 24.8. The van der Waals surface area contributed by atoms with Gasteiger partial charge in [-0.15, -0.1) is 0 Å². The van der Waals surface area contributed by atoms with E-state index in [0.717, 1.165) is 22.6 Å². The minimum Gasteiger partial charge on any atom is -0.497 e. The molecule has 0 spiro atoms. The molecule has 0 atom stereocenters. The first kappa shape index (κ1) is 22.9. The normalized spacial score (nSPS) is 10.6. The van der Waals surface area contributed by atoms with Crippen LogP contribution in [-0.4, -0.2) is 43.6 Å². The van der Waals surface area contributed by atoms with Crippen LogP contribution in [0.15, 0.2) is 78.9 Å². The van der Waals surface area contributed by atoms with Gasteiger partial charge < -0.3 is 19.5 Å². The lowest BCUT2D eigenvalue weighted by Crippen LogP contribution is -2.27.